The standard InChI is InChI=1S/C14H12BrN3O3/c15-12-6-5-11(21-12)13(19)17-9-1-3-10(4-2-9)18-8-7-16-14(18)20/h1-6H,7-8H2,(H,16,20)(H,17,19). The second-order valence-corrected chi connectivity index (χ2v) is 5.27. The summed E-state index contributed by atoms with van der Waals surface area (Å²) in [6, 6.07) is 10.2. The van der Waals surface area contributed by atoms with Crippen LogP contribution in [0.3, 0.4) is 0 Å². The lowest BCUT2D eigenvalue weighted by molar-refractivity contribution is 0.0995. The Morgan fingerprint density at radius 1 is 1.24 bits per heavy atom. The third kappa shape index (κ3) is 2.92. The summed E-state index contributed by atoms with van der Waals surface area (Å²) in [7, 11) is 0. The van der Waals surface area contributed by atoms with Crippen molar-refractivity contribution in [3.8, 4) is 0 Å². The van der Waals surface area contributed by atoms with Gasteiger partial charge in [-0.3, -0.25) is 9.69 Å². The zero-order valence-corrected chi connectivity index (χ0v) is 12.5. The number of halogens is 1. The first-order valence-corrected chi connectivity index (χ1v) is 7.15. The number of hydrogen-bond donors (Lipinski definition) is 2. The monoisotopic (exact) mass is 349 g/mol. The topological polar surface area (TPSA) is 74.6 Å². The second kappa shape index (κ2) is 5.61. The van der Waals surface area contributed by atoms with Gasteiger partial charge in [0, 0.05) is 24.5 Å². The summed E-state index contributed by atoms with van der Waals surface area (Å²) in [6.07, 6.45) is 0. The molecular formula is C14H12BrN3O3. The van der Waals surface area contributed by atoms with E-state index in [2.05, 4.69) is 26.6 Å². The minimum atomic E-state index is -0.327. The molecule has 2 N–H and O–H groups in total. The van der Waals surface area contributed by atoms with Crippen LogP contribution in [-0.2, 0) is 0 Å². The van der Waals surface area contributed by atoms with Crippen molar-refractivity contribution < 1.29 is 14.0 Å². The molecule has 0 bridgehead atoms. The SMILES string of the molecule is O=C(Nc1ccc(N2CCNC2=O)cc1)c1ccc(Br)o1. The van der Waals surface area contributed by atoms with E-state index in [9.17, 15) is 9.59 Å². The lowest BCUT2D eigenvalue weighted by Gasteiger charge is -2.14. The van der Waals surface area contributed by atoms with Crippen molar-refractivity contribution in [1.29, 1.82) is 0 Å². The number of rotatable bonds is 3. The van der Waals surface area contributed by atoms with Crippen LogP contribution in [0.25, 0.3) is 0 Å². The molecular weight excluding hydrogens is 338 g/mol. The van der Waals surface area contributed by atoms with Crippen LogP contribution in [0, 0.1) is 0 Å². The van der Waals surface area contributed by atoms with Crippen molar-refractivity contribution in [3.05, 3.63) is 46.8 Å². The Kier molecular flexibility index (Phi) is 3.66. The van der Waals surface area contributed by atoms with Crippen LogP contribution >= 0.6 is 15.9 Å². The molecule has 1 saturated heterocycles. The summed E-state index contributed by atoms with van der Waals surface area (Å²) < 4.78 is 5.68. The minimum Gasteiger partial charge on any atom is -0.444 e. The highest BCUT2D eigenvalue weighted by molar-refractivity contribution is 9.10. The first-order valence-electron chi connectivity index (χ1n) is 6.35. The molecule has 21 heavy (non-hydrogen) atoms. The number of nitrogens with one attached hydrogen (secondary N) is 2. The van der Waals surface area contributed by atoms with Crippen LogP contribution < -0.4 is 15.5 Å². The van der Waals surface area contributed by atoms with E-state index in [-0.39, 0.29) is 17.7 Å². The molecule has 0 saturated carbocycles. The highest BCUT2D eigenvalue weighted by Crippen LogP contribution is 2.20. The average molecular weight is 350 g/mol. The summed E-state index contributed by atoms with van der Waals surface area (Å²) in [4.78, 5) is 25.1. The van der Waals surface area contributed by atoms with Crippen molar-refractivity contribution in [2.24, 2.45) is 0 Å². The molecule has 2 aromatic rings. The van der Waals surface area contributed by atoms with Gasteiger partial charge in [0.05, 0.1) is 0 Å². The van der Waals surface area contributed by atoms with Crippen LogP contribution in [0.4, 0.5) is 16.2 Å². The molecule has 0 radical (unpaired) electrons. The van der Waals surface area contributed by atoms with Crippen LogP contribution in [-0.4, -0.2) is 25.0 Å². The number of benzene rings is 1. The van der Waals surface area contributed by atoms with Crippen LogP contribution in [0.1, 0.15) is 10.6 Å². The molecule has 3 rings (SSSR count). The average Bonchev–Trinajstić information content (AvgIpc) is 3.08. The molecule has 0 spiro atoms. The van der Waals surface area contributed by atoms with Gasteiger partial charge in [0.2, 0.25) is 0 Å². The summed E-state index contributed by atoms with van der Waals surface area (Å²) in [5.74, 6) is -0.0998. The molecule has 1 aromatic heterocycles. The molecule has 108 valence electrons. The fraction of sp³-hybridized carbons (Fsp3) is 0.143. The molecule has 1 fully saturated rings. The second-order valence-electron chi connectivity index (χ2n) is 4.49. The Balaban J connectivity index is 1.69. The number of urea groups is 1. The number of nitrogens with zero attached hydrogens (tertiary/aromatic N) is 1. The Hall–Kier alpha value is -2.28. The molecule has 0 unspecified atom stereocenters. The highest BCUT2D eigenvalue weighted by Gasteiger charge is 2.20. The Morgan fingerprint density at radius 2 is 2.00 bits per heavy atom. The van der Waals surface area contributed by atoms with Crippen molar-refractivity contribution in [2.45, 2.75) is 0 Å². The molecule has 3 amide bonds. The quantitative estimate of drug-likeness (QED) is 0.894. The van der Waals surface area contributed by atoms with Crippen molar-refractivity contribution in [1.82, 2.24) is 5.32 Å². The van der Waals surface area contributed by atoms with E-state index < -0.39 is 0 Å². The predicted molar refractivity (Wildman–Crippen MR) is 81.5 cm³/mol. The summed E-state index contributed by atoms with van der Waals surface area (Å²) in [5.41, 5.74) is 1.43. The number of amides is 3. The number of carbonyl (C=O) groups is 2. The van der Waals surface area contributed by atoms with Gasteiger partial charge in [-0.1, -0.05) is 0 Å². The molecule has 7 heteroatoms. The van der Waals surface area contributed by atoms with E-state index in [1.165, 1.54) is 0 Å². The maximum atomic E-state index is 11.9. The third-order valence-electron chi connectivity index (χ3n) is 3.09. The zero-order valence-electron chi connectivity index (χ0n) is 10.9. The van der Waals surface area contributed by atoms with Gasteiger partial charge in [0.15, 0.2) is 10.4 Å². The molecule has 1 aromatic carbocycles. The minimum absolute atomic E-state index is 0.104. The summed E-state index contributed by atoms with van der Waals surface area (Å²) >= 11 is 3.15. The Morgan fingerprint density at radius 3 is 2.57 bits per heavy atom. The van der Waals surface area contributed by atoms with Crippen molar-refractivity contribution >= 4 is 39.2 Å². The van der Waals surface area contributed by atoms with Gasteiger partial charge in [-0.25, -0.2) is 4.79 Å². The van der Waals surface area contributed by atoms with Gasteiger partial charge in [0.1, 0.15) is 0 Å². The smallest absolute Gasteiger partial charge is 0.321 e. The van der Waals surface area contributed by atoms with E-state index in [1.807, 2.05) is 0 Å². The predicted octanol–water partition coefficient (Wildman–Crippen LogP) is 2.82. The first-order chi connectivity index (χ1) is 10.1. The molecule has 0 atom stereocenters. The molecule has 1 aliphatic rings. The van der Waals surface area contributed by atoms with Crippen molar-refractivity contribution in [2.75, 3.05) is 23.3 Å². The Labute approximate surface area is 129 Å². The van der Waals surface area contributed by atoms with Crippen LogP contribution in [0.15, 0.2) is 45.5 Å². The number of carbonyl (C=O) groups excluding carboxylic acids is 2. The van der Waals surface area contributed by atoms with Gasteiger partial charge in [-0.05, 0) is 52.3 Å². The summed E-state index contributed by atoms with van der Waals surface area (Å²) in [6.45, 7) is 1.29. The number of furan rings is 1. The first kappa shape index (κ1) is 13.7. The van der Waals surface area contributed by atoms with Gasteiger partial charge in [0.25, 0.3) is 5.91 Å². The molecule has 0 aliphatic carbocycles. The lowest BCUT2D eigenvalue weighted by atomic mass is 10.2. The molecule has 2 heterocycles. The van der Waals surface area contributed by atoms with E-state index in [4.69, 9.17) is 4.42 Å². The Bertz CT molecular complexity index is 681. The fourth-order valence-corrected chi connectivity index (χ4v) is 2.38. The number of hydrogen-bond acceptors (Lipinski definition) is 3. The van der Waals surface area contributed by atoms with Gasteiger partial charge in [-0.2, -0.15) is 0 Å². The molecule has 6 nitrogen and oxygen atoms in total. The normalized spacial score (nSPS) is 14.1. The highest BCUT2D eigenvalue weighted by atomic mass is 79.9. The maximum Gasteiger partial charge on any atom is 0.321 e. The van der Waals surface area contributed by atoms with Crippen molar-refractivity contribution in [3.63, 3.8) is 0 Å². The maximum absolute atomic E-state index is 11.9. The zero-order chi connectivity index (χ0) is 14.8. The van der Waals surface area contributed by atoms with Gasteiger partial charge in [-0.15, -0.1) is 0 Å². The van der Waals surface area contributed by atoms with Crippen LogP contribution in [0.2, 0.25) is 0 Å². The fourth-order valence-electron chi connectivity index (χ4n) is 2.07. The molecule has 1 aliphatic heterocycles. The van der Waals surface area contributed by atoms with Crippen LogP contribution in [0.5, 0.6) is 0 Å². The lowest BCUT2D eigenvalue weighted by Crippen LogP contribution is -2.27. The van der Waals surface area contributed by atoms with E-state index >= 15 is 0 Å². The van der Waals surface area contributed by atoms with E-state index in [0.717, 1.165) is 5.69 Å². The van der Waals surface area contributed by atoms with E-state index in [1.54, 1.807) is 41.3 Å². The van der Waals surface area contributed by atoms with Gasteiger partial charge >= 0.3 is 6.03 Å². The number of anilines is 2. The van der Waals surface area contributed by atoms with Gasteiger partial charge < -0.3 is 15.1 Å². The summed E-state index contributed by atoms with van der Waals surface area (Å²) in [5, 5.41) is 5.47. The third-order valence-corrected chi connectivity index (χ3v) is 3.52. The van der Waals surface area contributed by atoms with E-state index in [0.29, 0.717) is 23.4 Å². The largest absolute Gasteiger partial charge is 0.444 e.